The average Bonchev–Trinajstić information content (AvgIpc) is 3.13. The number of rotatable bonds is 8. The molecule has 1 aromatic heterocycles. The molecule has 4 nitrogen and oxygen atoms in total. The van der Waals surface area contributed by atoms with E-state index in [-0.39, 0.29) is 5.82 Å². The van der Waals surface area contributed by atoms with Crippen LogP contribution in [0.1, 0.15) is 24.8 Å². The molecule has 1 aliphatic heterocycles. The molecule has 25 heavy (non-hydrogen) atoms. The topological polar surface area (TPSA) is 24.3 Å². The highest BCUT2D eigenvalue weighted by atomic mass is 35.5. The quantitative estimate of drug-likeness (QED) is 0.668. The van der Waals surface area contributed by atoms with Crippen LogP contribution in [0.3, 0.4) is 0 Å². The fourth-order valence-electron chi connectivity index (χ4n) is 3.30. The standard InChI is InChI=1S/C19H26ClFN4/c20-18-6-4-7-19(21)17(18)16-24-14-12-23(13-15-24)9-2-1-3-10-25-11-5-8-22-25/h4-8,11H,1-3,9-10,12-16H2. The molecule has 0 N–H and O–H groups in total. The van der Waals surface area contributed by atoms with Gasteiger partial charge in [-0.3, -0.25) is 9.58 Å². The minimum absolute atomic E-state index is 0.202. The molecule has 0 unspecified atom stereocenters. The lowest BCUT2D eigenvalue weighted by molar-refractivity contribution is 0.124. The summed E-state index contributed by atoms with van der Waals surface area (Å²) in [6, 6.07) is 6.87. The van der Waals surface area contributed by atoms with Gasteiger partial charge in [-0.1, -0.05) is 24.1 Å². The van der Waals surface area contributed by atoms with Crippen LogP contribution in [-0.2, 0) is 13.1 Å². The smallest absolute Gasteiger partial charge is 0.129 e. The Morgan fingerprint density at radius 2 is 1.72 bits per heavy atom. The molecule has 1 fully saturated rings. The Bertz CT molecular complexity index is 619. The number of aromatic nitrogens is 2. The first-order valence-electron chi connectivity index (χ1n) is 9.07. The Kier molecular flexibility index (Phi) is 6.84. The molecule has 0 amide bonds. The second-order valence-corrected chi connectivity index (χ2v) is 7.05. The van der Waals surface area contributed by atoms with Gasteiger partial charge in [-0.15, -0.1) is 0 Å². The molecule has 1 aromatic carbocycles. The number of hydrogen-bond acceptors (Lipinski definition) is 3. The summed E-state index contributed by atoms with van der Waals surface area (Å²) in [5, 5.41) is 4.75. The molecule has 0 atom stereocenters. The van der Waals surface area contributed by atoms with E-state index < -0.39 is 0 Å². The van der Waals surface area contributed by atoms with E-state index in [1.165, 1.54) is 25.3 Å². The molecule has 0 aliphatic carbocycles. The molecule has 0 saturated carbocycles. The largest absolute Gasteiger partial charge is 0.301 e. The molecule has 1 aliphatic rings. The third kappa shape index (κ3) is 5.53. The van der Waals surface area contributed by atoms with Gasteiger partial charge < -0.3 is 4.90 Å². The Labute approximate surface area is 154 Å². The number of benzene rings is 1. The van der Waals surface area contributed by atoms with Crippen molar-refractivity contribution in [1.29, 1.82) is 0 Å². The van der Waals surface area contributed by atoms with Crippen LogP contribution in [-0.4, -0.2) is 52.3 Å². The van der Waals surface area contributed by atoms with Crippen LogP contribution in [0.5, 0.6) is 0 Å². The van der Waals surface area contributed by atoms with Crippen LogP contribution in [0.25, 0.3) is 0 Å². The fourth-order valence-corrected chi connectivity index (χ4v) is 3.52. The zero-order chi connectivity index (χ0) is 17.5. The van der Waals surface area contributed by atoms with Crippen molar-refractivity contribution in [3.8, 4) is 0 Å². The average molecular weight is 365 g/mol. The molecule has 3 rings (SSSR count). The minimum Gasteiger partial charge on any atom is -0.301 e. The van der Waals surface area contributed by atoms with Gasteiger partial charge >= 0.3 is 0 Å². The van der Waals surface area contributed by atoms with Gasteiger partial charge in [-0.2, -0.15) is 5.10 Å². The van der Waals surface area contributed by atoms with E-state index in [1.54, 1.807) is 12.1 Å². The third-order valence-electron chi connectivity index (χ3n) is 4.83. The van der Waals surface area contributed by atoms with Crippen LogP contribution >= 0.6 is 11.6 Å². The van der Waals surface area contributed by atoms with Crippen LogP contribution in [0.15, 0.2) is 36.7 Å². The van der Waals surface area contributed by atoms with Crippen LogP contribution in [0, 0.1) is 5.82 Å². The van der Waals surface area contributed by atoms with Crippen molar-refractivity contribution in [2.24, 2.45) is 0 Å². The Balaban J connectivity index is 1.32. The van der Waals surface area contributed by atoms with E-state index in [9.17, 15) is 4.39 Å². The lowest BCUT2D eigenvalue weighted by atomic mass is 10.1. The Hall–Kier alpha value is -1.43. The molecule has 136 valence electrons. The van der Waals surface area contributed by atoms with Gasteiger partial charge in [0.15, 0.2) is 0 Å². The predicted octanol–water partition coefficient (Wildman–Crippen LogP) is 3.66. The van der Waals surface area contributed by atoms with Crippen LogP contribution in [0.2, 0.25) is 5.02 Å². The lowest BCUT2D eigenvalue weighted by Crippen LogP contribution is -2.46. The van der Waals surface area contributed by atoms with Crippen LogP contribution < -0.4 is 0 Å². The molecule has 2 aromatic rings. The van der Waals surface area contributed by atoms with Gasteiger partial charge in [0.05, 0.1) is 0 Å². The first-order valence-corrected chi connectivity index (χ1v) is 9.45. The second-order valence-electron chi connectivity index (χ2n) is 6.65. The normalized spacial score (nSPS) is 16.4. The van der Waals surface area contributed by atoms with E-state index in [0.29, 0.717) is 17.1 Å². The highest BCUT2D eigenvalue weighted by molar-refractivity contribution is 6.31. The lowest BCUT2D eigenvalue weighted by Gasteiger charge is -2.34. The summed E-state index contributed by atoms with van der Waals surface area (Å²) >= 11 is 6.13. The maximum absolute atomic E-state index is 13.9. The summed E-state index contributed by atoms with van der Waals surface area (Å²) in [5.41, 5.74) is 0.622. The maximum atomic E-state index is 13.9. The predicted molar refractivity (Wildman–Crippen MR) is 99.2 cm³/mol. The zero-order valence-electron chi connectivity index (χ0n) is 14.6. The van der Waals surface area contributed by atoms with E-state index in [2.05, 4.69) is 14.9 Å². The first kappa shape index (κ1) is 18.4. The number of unbranched alkanes of at least 4 members (excludes halogenated alkanes) is 2. The Morgan fingerprint density at radius 1 is 0.960 bits per heavy atom. The van der Waals surface area contributed by atoms with Gasteiger partial charge in [0, 0.05) is 62.2 Å². The maximum Gasteiger partial charge on any atom is 0.129 e. The molecule has 1 saturated heterocycles. The van der Waals surface area contributed by atoms with Crippen molar-refractivity contribution in [3.05, 3.63) is 53.1 Å². The van der Waals surface area contributed by atoms with E-state index >= 15 is 0 Å². The molecular formula is C19H26ClFN4. The van der Waals surface area contributed by atoms with E-state index in [1.807, 2.05) is 23.1 Å². The van der Waals surface area contributed by atoms with E-state index in [4.69, 9.17) is 11.6 Å². The first-order chi connectivity index (χ1) is 12.2. The highest BCUT2D eigenvalue weighted by Crippen LogP contribution is 2.21. The van der Waals surface area contributed by atoms with Gasteiger partial charge in [0.2, 0.25) is 0 Å². The monoisotopic (exact) mass is 364 g/mol. The van der Waals surface area contributed by atoms with Crippen molar-refractivity contribution in [2.45, 2.75) is 32.4 Å². The molecular weight excluding hydrogens is 339 g/mol. The van der Waals surface area contributed by atoms with Gasteiger partial charge in [-0.25, -0.2) is 4.39 Å². The van der Waals surface area contributed by atoms with Gasteiger partial charge in [0.25, 0.3) is 0 Å². The Morgan fingerprint density at radius 3 is 2.44 bits per heavy atom. The van der Waals surface area contributed by atoms with Crippen molar-refractivity contribution >= 4 is 11.6 Å². The summed E-state index contributed by atoms with van der Waals surface area (Å²) in [6.45, 7) is 6.78. The molecule has 0 bridgehead atoms. The van der Waals surface area contributed by atoms with Crippen LogP contribution in [0.4, 0.5) is 4.39 Å². The molecule has 0 radical (unpaired) electrons. The van der Waals surface area contributed by atoms with E-state index in [0.717, 1.165) is 39.3 Å². The minimum atomic E-state index is -0.202. The van der Waals surface area contributed by atoms with Crippen molar-refractivity contribution < 1.29 is 4.39 Å². The van der Waals surface area contributed by atoms with Gasteiger partial charge in [-0.05, 0) is 37.6 Å². The molecule has 0 spiro atoms. The van der Waals surface area contributed by atoms with Gasteiger partial charge in [0.1, 0.15) is 5.82 Å². The molecule has 6 heteroatoms. The number of hydrogen-bond donors (Lipinski definition) is 0. The summed E-state index contributed by atoms with van der Waals surface area (Å²) in [6.07, 6.45) is 7.47. The van der Waals surface area contributed by atoms with Crippen molar-refractivity contribution in [2.75, 3.05) is 32.7 Å². The number of aryl methyl sites for hydroxylation is 1. The summed E-state index contributed by atoms with van der Waals surface area (Å²) in [5.74, 6) is -0.202. The number of piperazine rings is 1. The van der Waals surface area contributed by atoms with Crippen molar-refractivity contribution in [3.63, 3.8) is 0 Å². The summed E-state index contributed by atoms with van der Waals surface area (Å²) in [7, 11) is 0. The van der Waals surface area contributed by atoms with Crippen molar-refractivity contribution in [1.82, 2.24) is 19.6 Å². The highest BCUT2D eigenvalue weighted by Gasteiger charge is 2.18. The molecule has 2 heterocycles. The zero-order valence-corrected chi connectivity index (χ0v) is 15.3. The fraction of sp³-hybridized carbons (Fsp3) is 0.526. The third-order valence-corrected chi connectivity index (χ3v) is 5.18. The summed E-state index contributed by atoms with van der Waals surface area (Å²) < 4.78 is 15.9. The second kappa shape index (κ2) is 9.32. The SMILES string of the molecule is Fc1cccc(Cl)c1CN1CCN(CCCCCn2cccn2)CC1. The number of nitrogens with zero attached hydrogens (tertiary/aromatic N) is 4. The summed E-state index contributed by atoms with van der Waals surface area (Å²) in [4.78, 5) is 4.80. The number of halogens is 2.